The van der Waals surface area contributed by atoms with Crippen molar-refractivity contribution in [2.24, 2.45) is 0 Å². The third-order valence-electron chi connectivity index (χ3n) is 2.65. The normalized spacial score (nSPS) is 17.7. The van der Waals surface area contributed by atoms with Crippen molar-refractivity contribution in [2.75, 3.05) is 6.54 Å². The van der Waals surface area contributed by atoms with Gasteiger partial charge >= 0.3 is 0 Å². The third-order valence-corrected chi connectivity index (χ3v) is 3.38. The summed E-state index contributed by atoms with van der Waals surface area (Å²) in [4.78, 5) is 5.55. The molecule has 1 saturated carbocycles. The molecule has 1 fully saturated rings. The Bertz CT molecular complexity index is 242. The first-order chi connectivity index (χ1) is 6.95. The lowest BCUT2D eigenvalue weighted by molar-refractivity contribution is -0.0198. The Labute approximate surface area is 89.2 Å². The highest BCUT2D eigenvalue weighted by Gasteiger charge is 2.14. The molecule has 2 nitrogen and oxygen atoms in total. The van der Waals surface area contributed by atoms with E-state index in [2.05, 4.69) is 22.3 Å². The van der Waals surface area contributed by atoms with Crippen molar-refractivity contribution in [1.82, 2.24) is 5.48 Å². The van der Waals surface area contributed by atoms with E-state index in [4.69, 9.17) is 4.84 Å². The molecule has 0 bridgehead atoms. The zero-order valence-electron chi connectivity index (χ0n) is 8.37. The summed E-state index contributed by atoms with van der Waals surface area (Å²) in [6, 6.07) is 2.17. The molecule has 0 spiro atoms. The van der Waals surface area contributed by atoms with Gasteiger partial charge in [-0.1, -0.05) is 12.8 Å². The monoisotopic (exact) mass is 211 g/mol. The average molecular weight is 211 g/mol. The van der Waals surface area contributed by atoms with Gasteiger partial charge in [-0.25, -0.2) is 5.48 Å². The van der Waals surface area contributed by atoms with Crippen molar-refractivity contribution in [3.8, 4) is 0 Å². The number of hydrogen-bond acceptors (Lipinski definition) is 3. The topological polar surface area (TPSA) is 21.3 Å². The van der Waals surface area contributed by atoms with Crippen LogP contribution >= 0.6 is 11.3 Å². The van der Waals surface area contributed by atoms with E-state index in [1.54, 1.807) is 11.3 Å². The maximum absolute atomic E-state index is 5.55. The number of rotatable bonds is 5. The van der Waals surface area contributed by atoms with E-state index in [1.807, 2.05) is 0 Å². The van der Waals surface area contributed by atoms with Crippen LogP contribution < -0.4 is 5.48 Å². The predicted molar refractivity (Wildman–Crippen MR) is 59.4 cm³/mol. The lowest BCUT2D eigenvalue weighted by Crippen LogP contribution is -2.23. The minimum Gasteiger partial charge on any atom is -0.299 e. The van der Waals surface area contributed by atoms with E-state index in [9.17, 15) is 0 Å². The second kappa shape index (κ2) is 5.49. The standard InChI is InChI=1S/C11H17NOS/c1-2-4-11(3-1)13-12-7-5-10-6-8-14-9-10/h6,8-9,11-12H,1-5,7H2. The van der Waals surface area contributed by atoms with E-state index >= 15 is 0 Å². The minimum absolute atomic E-state index is 0.470. The molecule has 1 aromatic rings. The van der Waals surface area contributed by atoms with E-state index in [1.165, 1.54) is 31.2 Å². The van der Waals surface area contributed by atoms with Crippen LogP contribution in [-0.2, 0) is 11.3 Å². The molecule has 1 N–H and O–H groups in total. The van der Waals surface area contributed by atoms with Crippen LogP contribution in [0.2, 0.25) is 0 Å². The summed E-state index contributed by atoms with van der Waals surface area (Å²) in [5, 5.41) is 4.31. The van der Waals surface area contributed by atoms with Gasteiger partial charge in [-0.2, -0.15) is 11.3 Å². The van der Waals surface area contributed by atoms with Gasteiger partial charge in [0, 0.05) is 6.54 Å². The van der Waals surface area contributed by atoms with Crippen LogP contribution in [0.3, 0.4) is 0 Å². The largest absolute Gasteiger partial charge is 0.299 e. The highest BCUT2D eigenvalue weighted by Crippen LogP contribution is 2.19. The Hall–Kier alpha value is -0.380. The summed E-state index contributed by atoms with van der Waals surface area (Å²) in [5.41, 5.74) is 4.47. The van der Waals surface area contributed by atoms with Crippen LogP contribution in [-0.4, -0.2) is 12.6 Å². The van der Waals surface area contributed by atoms with Gasteiger partial charge in [-0.05, 0) is 41.7 Å². The number of hydrogen-bond donors (Lipinski definition) is 1. The summed E-state index contributed by atoms with van der Waals surface area (Å²) < 4.78 is 0. The molecule has 1 aliphatic carbocycles. The minimum atomic E-state index is 0.470. The Balaban J connectivity index is 1.55. The molecule has 3 heteroatoms. The van der Waals surface area contributed by atoms with Crippen molar-refractivity contribution in [3.63, 3.8) is 0 Å². The smallest absolute Gasteiger partial charge is 0.0790 e. The quantitative estimate of drug-likeness (QED) is 0.597. The fourth-order valence-electron chi connectivity index (χ4n) is 1.81. The second-order valence-corrected chi connectivity index (χ2v) is 4.58. The lowest BCUT2D eigenvalue weighted by Gasteiger charge is -2.10. The molecule has 1 heterocycles. The van der Waals surface area contributed by atoms with Crippen molar-refractivity contribution < 1.29 is 4.84 Å². The molecule has 0 saturated heterocycles. The van der Waals surface area contributed by atoms with Crippen LogP contribution in [0, 0.1) is 0 Å². The summed E-state index contributed by atoms with van der Waals surface area (Å²) >= 11 is 1.75. The van der Waals surface area contributed by atoms with Gasteiger partial charge in [0.05, 0.1) is 6.10 Å². The van der Waals surface area contributed by atoms with Gasteiger partial charge in [0.15, 0.2) is 0 Å². The van der Waals surface area contributed by atoms with E-state index in [0.717, 1.165) is 13.0 Å². The maximum Gasteiger partial charge on any atom is 0.0790 e. The Morgan fingerprint density at radius 2 is 2.29 bits per heavy atom. The summed E-state index contributed by atoms with van der Waals surface area (Å²) in [7, 11) is 0. The molecule has 0 unspecified atom stereocenters. The fraction of sp³-hybridized carbons (Fsp3) is 0.636. The zero-order chi connectivity index (χ0) is 9.64. The molecule has 2 rings (SSSR count). The summed E-state index contributed by atoms with van der Waals surface area (Å²) in [6.07, 6.45) is 6.65. The number of nitrogens with one attached hydrogen (secondary N) is 1. The molecule has 1 aliphatic rings. The second-order valence-electron chi connectivity index (χ2n) is 3.80. The van der Waals surface area contributed by atoms with Crippen molar-refractivity contribution in [1.29, 1.82) is 0 Å². The highest BCUT2D eigenvalue weighted by molar-refractivity contribution is 7.07. The number of hydroxylamine groups is 1. The molecular weight excluding hydrogens is 194 g/mol. The van der Waals surface area contributed by atoms with E-state index in [0.29, 0.717) is 6.10 Å². The highest BCUT2D eigenvalue weighted by atomic mass is 32.1. The molecule has 0 atom stereocenters. The first kappa shape index (κ1) is 10.1. The SMILES string of the molecule is c1cc(CCNOC2CCCC2)cs1. The van der Waals surface area contributed by atoms with Crippen LogP contribution in [0.15, 0.2) is 16.8 Å². The molecule has 0 aliphatic heterocycles. The van der Waals surface area contributed by atoms with Crippen molar-refractivity contribution in [3.05, 3.63) is 22.4 Å². The van der Waals surface area contributed by atoms with Gasteiger partial charge in [0.1, 0.15) is 0 Å². The third kappa shape index (κ3) is 3.08. The molecule has 78 valence electrons. The number of thiophene rings is 1. The Morgan fingerprint density at radius 3 is 3.00 bits per heavy atom. The first-order valence-corrected chi connectivity index (χ1v) is 6.29. The molecule has 1 aromatic heterocycles. The van der Waals surface area contributed by atoms with Gasteiger partial charge < -0.3 is 0 Å². The molecule has 0 aromatic carbocycles. The van der Waals surface area contributed by atoms with Gasteiger partial charge in [0.25, 0.3) is 0 Å². The van der Waals surface area contributed by atoms with Gasteiger partial charge in [-0.15, -0.1) is 0 Å². The van der Waals surface area contributed by atoms with E-state index < -0.39 is 0 Å². The molecule has 0 amide bonds. The Morgan fingerprint density at radius 1 is 1.43 bits per heavy atom. The first-order valence-electron chi connectivity index (χ1n) is 5.35. The Kier molecular flexibility index (Phi) is 3.98. The predicted octanol–water partition coefficient (Wildman–Crippen LogP) is 2.75. The van der Waals surface area contributed by atoms with E-state index in [-0.39, 0.29) is 0 Å². The van der Waals surface area contributed by atoms with Crippen LogP contribution in [0.4, 0.5) is 0 Å². The molecule has 14 heavy (non-hydrogen) atoms. The lowest BCUT2D eigenvalue weighted by atomic mass is 10.2. The zero-order valence-corrected chi connectivity index (χ0v) is 9.19. The van der Waals surface area contributed by atoms with Crippen LogP contribution in [0.5, 0.6) is 0 Å². The van der Waals surface area contributed by atoms with Crippen LogP contribution in [0.25, 0.3) is 0 Å². The van der Waals surface area contributed by atoms with Gasteiger partial charge in [0.2, 0.25) is 0 Å². The summed E-state index contributed by atoms with van der Waals surface area (Å²) in [5.74, 6) is 0. The summed E-state index contributed by atoms with van der Waals surface area (Å²) in [6.45, 7) is 0.924. The molecular formula is C11H17NOS. The molecule has 0 radical (unpaired) electrons. The average Bonchev–Trinajstić information content (AvgIpc) is 2.86. The maximum atomic E-state index is 5.55. The van der Waals surface area contributed by atoms with Crippen LogP contribution in [0.1, 0.15) is 31.2 Å². The van der Waals surface area contributed by atoms with Crippen molar-refractivity contribution >= 4 is 11.3 Å². The van der Waals surface area contributed by atoms with Crippen molar-refractivity contribution in [2.45, 2.75) is 38.2 Å². The fourth-order valence-corrected chi connectivity index (χ4v) is 2.52. The van der Waals surface area contributed by atoms with Gasteiger partial charge in [-0.3, -0.25) is 4.84 Å².